The molecule has 0 unspecified atom stereocenters. The summed E-state index contributed by atoms with van der Waals surface area (Å²) in [4.78, 5) is 28.4. The number of benzene rings is 2. The zero-order chi connectivity index (χ0) is 25.6. The molecule has 0 atom stereocenters. The van der Waals surface area contributed by atoms with Crippen molar-refractivity contribution in [2.75, 3.05) is 17.4 Å². The average molecular weight is 510 g/mol. The van der Waals surface area contributed by atoms with Gasteiger partial charge in [-0.25, -0.2) is 9.78 Å². The third-order valence-electron chi connectivity index (χ3n) is 6.61. The first-order valence-corrected chi connectivity index (χ1v) is 12.3. The van der Waals surface area contributed by atoms with Gasteiger partial charge in [0.15, 0.2) is 17.1 Å². The number of nitrogens with one attached hydrogen (secondary N) is 4. The topological polar surface area (TPSA) is 131 Å². The summed E-state index contributed by atoms with van der Waals surface area (Å²) in [6, 6.07) is 15.9. The molecule has 3 amide bonds. The largest absolute Gasteiger partial charge is 0.454 e. The minimum atomic E-state index is -0.551. The number of hydrogen-bond donors (Lipinski definition) is 4. The number of fused-ring (bicyclic) bond motifs is 2. The molecule has 0 bridgehead atoms. The monoisotopic (exact) mass is 509 g/mol. The molecular weight excluding hydrogens is 486 g/mol. The Morgan fingerprint density at radius 2 is 1.92 bits per heavy atom. The number of carbonyl (C=O) groups is 2. The number of nitrogens with zero attached hydrogens (tertiary/aromatic N) is 3. The van der Waals surface area contributed by atoms with Crippen LogP contribution in [0.3, 0.4) is 0 Å². The highest BCUT2D eigenvalue weighted by Crippen LogP contribution is 2.37. The van der Waals surface area contributed by atoms with E-state index < -0.39 is 11.9 Å². The fraction of sp³-hybridized carbons (Fsp3) is 0.185. The molecule has 2 aromatic carbocycles. The molecule has 7 rings (SSSR count). The van der Waals surface area contributed by atoms with E-state index in [9.17, 15) is 9.59 Å². The van der Waals surface area contributed by atoms with Gasteiger partial charge in [0.2, 0.25) is 6.79 Å². The number of carbonyl (C=O) groups excluding carboxylic acids is 2. The second kappa shape index (κ2) is 8.80. The molecule has 2 fully saturated rings. The van der Waals surface area contributed by atoms with Crippen LogP contribution in [-0.4, -0.2) is 39.4 Å². The minimum absolute atomic E-state index is 0.152. The minimum Gasteiger partial charge on any atom is -0.454 e. The number of urea groups is 1. The van der Waals surface area contributed by atoms with E-state index in [1.165, 1.54) is 0 Å². The van der Waals surface area contributed by atoms with Crippen molar-refractivity contribution >= 4 is 35.3 Å². The van der Waals surface area contributed by atoms with Crippen LogP contribution in [0.2, 0.25) is 0 Å². The lowest BCUT2D eigenvalue weighted by atomic mass is 9.99. The number of aromatic nitrogens is 3. The van der Waals surface area contributed by atoms with Crippen molar-refractivity contribution < 1.29 is 19.1 Å². The normalized spacial score (nSPS) is 17.1. The van der Waals surface area contributed by atoms with E-state index in [4.69, 9.17) is 14.5 Å². The van der Waals surface area contributed by atoms with Gasteiger partial charge in [-0.05, 0) is 47.7 Å². The maximum atomic E-state index is 12.1. The molecule has 2 aromatic heterocycles. The van der Waals surface area contributed by atoms with Gasteiger partial charge >= 0.3 is 6.03 Å². The molecule has 2 aliphatic heterocycles. The molecular formula is C27H23N7O4. The Labute approximate surface area is 216 Å². The van der Waals surface area contributed by atoms with Crippen LogP contribution in [0.15, 0.2) is 60.4 Å². The van der Waals surface area contributed by atoms with Gasteiger partial charge in [0, 0.05) is 24.2 Å². The van der Waals surface area contributed by atoms with Gasteiger partial charge in [-0.3, -0.25) is 10.1 Å². The van der Waals surface area contributed by atoms with Crippen molar-refractivity contribution in [1.29, 1.82) is 0 Å². The summed E-state index contributed by atoms with van der Waals surface area (Å²) < 4.78 is 12.7. The summed E-state index contributed by atoms with van der Waals surface area (Å²) in [6.07, 6.45) is 5.40. The first-order chi connectivity index (χ1) is 18.6. The van der Waals surface area contributed by atoms with Gasteiger partial charge in [-0.15, -0.1) is 0 Å². The lowest BCUT2D eigenvalue weighted by molar-refractivity contribution is -0.115. The van der Waals surface area contributed by atoms with Gasteiger partial charge in [0.25, 0.3) is 5.91 Å². The Morgan fingerprint density at radius 1 is 1.05 bits per heavy atom. The zero-order valence-corrected chi connectivity index (χ0v) is 20.2. The Morgan fingerprint density at radius 3 is 2.76 bits per heavy atom. The van der Waals surface area contributed by atoms with Crippen LogP contribution in [0.25, 0.3) is 22.9 Å². The highest BCUT2D eigenvalue weighted by molar-refractivity contribution is 6.14. The van der Waals surface area contributed by atoms with Gasteiger partial charge in [-0.2, -0.15) is 9.61 Å². The predicted molar refractivity (Wildman–Crippen MR) is 140 cm³/mol. The first kappa shape index (κ1) is 22.2. The highest BCUT2D eigenvalue weighted by atomic mass is 16.7. The number of amides is 3. The van der Waals surface area contributed by atoms with Crippen molar-refractivity contribution in [3.8, 4) is 22.6 Å². The fourth-order valence-corrected chi connectivity index (χ4v) is 4.56. The predicted octanol–water partition coefficient (Wildman–Crippen LogP) is 3.49. The van der Waals surface area contributed by atoms with Crippen LogP contribution in [0.4, 0.5) is 16.4 Å². The van der Waals surface area contributed by atoms with Gasteiger partial charge in [-0.1, -0.05) is 30.3 Å². The van der Waals surface area contributed by atoms with Crippen LogP contribution < -0.4 is 30.7 Å². The third kappa shape index (κ3) is 4.13. The van der Waals surface area contributed by atoms with E-state index >= 15 is 0 Å². The number of ether oxygens (including phenoxy) is 2. The quantitative estimate of drug-likeness (QED) is 0.220. The second-order valence-electron chi connectivity index (χ2n) is 9.33. The van der Waals surface area contributed by atoms with Gasteiger partial charge in [0.05, 0.1) is 6.20 Å². The van der Waals surface area contributed by atoms with Crippen molar-refractivity contribution in [3.63, 3.8) is 0 Å². The van der Waals surface area contributed by atoms with Gasteiger partial charge < -0.3 is 25.4 Å². The molecule has 3 aliphatic rings. The molecule has 1 aliphatic carbocycles. The molecule has 190 valence electrons. The molecule has 11 nitrogen and oxygen atoms in total. The molecule has 0 radical (unpaired) electrons. The van der Waals surface area contributed by atoms with E-state index in [0.29, 0.717) is 29.6 Å². The summed E-state index contributed by atoms with van der Waals surface area (Å²) in [5.74, 6) is 2.45. The zero-order valence-electron chi connectivity index (χ0n) is 20.2. The van der Waals surface area contributed by atoms with Crippen molar-refractivity contribution in [3.05, 3.63) is 71.6 Å². The number of rotatable bonds is 7. The third-order valence-corrected chi connectivity index (χ3v) is 6.61. The Hall–Kier alpha value is -5.06. The Kier molecular flexibility index (Phi) is 5.13. The smallest absolute Gasteiger partial charge is 0.326 e. The summed E-state index contributed by atoms with van der Waals surface area (Å²) in [5.41, 5.74) is 4.52. The second-order valence-corrected chi connectivity index (χ2v) is 9.33. The number of hydrogen-bond acceptors (Lipinski definition) is 8. The van der Waals surface area contributed by atoms with Crippen molar-refractivity contribution in [2.45, 2.75) is 25.4 Å². The summed E-state index contributed by atoms with van der Waals surface area (Å²) in [5, 5.41) is 16.2. The maximum absolute atomic E-state index is 12.1. The molecule has 38 heavy (non-hydrogen) atoms. The number of anilines is 2. The molecule has 4 N–H and O–H groups in total. The van der Waals surface area contributed by atoms with Crippen molar-refractivity contribution in [1.82, 2.24) is 25.2 Å². The van der Waals surface area contributed by atoms with E-state index in [1.54, 1.807) is 16.8 Å². The van der Waals surface area contributed by atoms with E-state index in [1.807, 2.05) is 36.4 Å². The summed E-state index contributed by atoms with van der Waals surface area (Å²) in [7, 11) is 0. The summed E-state index contributed by atoms with van der Waals surface area (Å²) >= 11 is 0. The lowest BCUT2D eigenvalue weighted by Gasteiger charge is -2.14. The van der Waals surface area contributed by atoms with E-state index in [2.05, 4.69) is 38.5 Å². The molecule has 11 heteroatoms. The SMILES string of the molecule is O=C1NC(=O)/C(=C/c2cnn3c(NC4CC4)cc(NCc4ccccc4-c4ccc5c(c4)OCO5)nc23)N1. The molecule has 1 saturated carbocycles. The fourth-order valence-electron chi connectivity index (χ4n) is 4.56. The van der Waals surface area contributed by atoms with Crippen LogP contribution in [0.5, 0.6) is 11.5 Å². The van der Waals surface area contributed by atoms with Crippen LogP contribution in [-0.2, 0) is 11.3 Å². The average Bonchev–Trinajstić information content (AvgIpc) is 3.30. The molecule has 4 aromatic rings. The van der Waals surface area contributed by atoms with E-state index in [-0.39, 0.29) is 12.5 Å². The van der Waals surface area contributed by atoms with Crippen molar-refractivity contribution in [2.24, 2.45) is 0 Å². The van der Waals surface area contributed by atoms with E-state index in [0.717, 1.165) is 46.8 Å². The molecule has 1 saturated heterocycles. The Bertz CT molecular complexity index is 1640. The Balaban J connectivity index is 1.21. The summed E-state index contributed by atoms with van der Waals surface area (Å²) in [6.45, 7) is 0.761. The molecule has 0 spiro atoms. The van der Waals surface area contributed by atoms with Crippen LogP contribution in [0, 0.1) is 0 Å². The molecule has 4 heterocycles. The lowest BCUT2D eigenvalue weighted by Crippen LogP contribution is -2.22. The van der Waals surface area contributed by atoms with Crippen LogP contribution >= 0.6 is 0 Å². The highest BCUT2D eigenvalue weighted by Gasteiger charge is 2.25. The standard InChI is InChI=1S/C27H23N7O4/c35-26-20(31-27(36)33-26)9-17-13-29-34-24(30-18-6-7-18)11-23(32-25(17)34)28-12-16-3-1-2-4-19(16)15-5-8-21-22(10-15)38-14-37-21/h1-5,8-11,13,18,30H,6-7,12,14H2,(H,28,32)(H2,31,33,35,36)/b20-9-. The maximum Gasteiger partial charge on any atom is 0.326 e. The first-order valence-electron chi connectivity index (χ1n) is 12.3. The number of imide groups is 1. The van der Waals surface area contributed by atoms with Gasteiger partial charge in [0.1, 0.15) is 17.3 Å². The van der Waals surface area contributed by atoms with Crippen LogP contribution in [0.1, 0.15) is 24.0 Å².